The van der Waals surface area contributed by atoms with Crippen LogP contribution in [0.1, 0.15) is 18.4 Å². The molecule has 3 amide bonds. The first-order chi connectivity index (χ1) is 17.0. The summed E-state index contributed by atoms with van der Waals surface area (Å²) in [6.45, 7) is -1.41. The number of hydrogen-bond donors (Lipinski definition) is 10. The molecule has 1 rings (SSSR count). The van der Waals surface area contributed by atoms with Gasteiger partial charge in [-0.3, -0.25) is 19.4 Å². The fraction of sp³-hybridized carbons (Fsp3) is 0.476. The number of nitrogens with one attached hydrogen (secondary N) is 3. The van der Waals surface area contributed by atoms with Gasteiger partial charge in [-0.05, 0) is 30.5 Å². The van der Waals surface area contributed by atoms with Crippen molar-refractivity contribution in [3.05, 3.63) is 29.8 Å². The first-order valence-electron chi connectivity index (χ1n) is 10.9. The van der Waals surface area contributed by atoms with Crippen molar-refractivity contribution in [3.63, 3.8) is 0 Å². The average molecular weight is 512 g/mol. The molecule has 1 aromatic rings. The quantitative estimate of drug-likeness (QED) is 0.0612. The number of hydrogen-bond acceptors (Lipinski definition) is 9. The Kier molecular flexibility index (Phi) is 12.6. The number of aliphatic imine (C=N–C) groups is 1. The fourth-order valence-corrected chi connectivity index (χ4v) is 2.94. The topological polar surface area (TPSA) is 276 Å². The summed E-state index contributed by atoms with van der Waals surface area (Å²) in [6, 6.07) is 0.274. The van der Waals surface area contributed by atoms with Crippen molar-refractivity contribution in [1.29, 1.82) is 0 Å². The van der Waals surface area contributed by atoms with Crippen molar-refractivity contribution >= 4 is 29.7 Å². The number of aliphatic carboxylic acids is 1. The predicted octanol–water partition coefficient (Wildman–Crippen LogP) is -4.16. The molecular formula is C21H33N7O8. The lowest BCUT2D eigenvalue weighted by Crippen LogP contribution is -2.58. The standard InChI is InChI=1S/C21H33N7O8/c22-13(9-29)17(32)27-15(8-11-3-5-12(31)6-4-11)18(33)28-16(10-30)19(34)26-14(20(35)36)2-1-7-25-21(23)24/h3-6,13-16,29-31H,1-2,7-10,22H2,(H,26,34)(H,27,32)(H,28,33)(H,35,36)(H4,23,24,25). The third-order valence-electron chi connectivity index (χ3n) is 4.92. The van der Waals surface area contributed by atoms with Crippen LogP contribution in [0.2, 0.25) is 0 Å². The van der Waals surface area contributed by atoms with E-state index in [4.69, 9.17) is 22.3 Å². The lowest BCUT2D eigenvalue weighted by molar-refractivity contribution is -0.142. The van der Waals surface area contributed by atoms with Crippen LogP contribution in [0.3, 0.4) is 0 Å². The normalized spacial score (nSPS) is 14.0. The first kappa shape index (κ1) is 30.1. The van der Waals surface area contributed by atoms with Gasteiger partial charge in [0.25, 0.3) is 0 Å². The number of carboxylic acid groups (broad SMARTS) is 1. The van der Waals surface area contributed by atoms with Gasteiger partial charge in [0.15, 0.2) is 5.96 Å². The van der Waals surface area contributed by atoms with Crippen LogP contribution in [-0.4, -0.2) is 94.0 Å². The van der Waals surface area contributed by atoms with Crippen LogP contribution in [0, 0.1) is 0 Å². The van der Waals surface area contributed by atoms with Crippen LogP contribution in [0.25, 0.3) is 0 Å². The highest BCUT2D eigenvalue weighted by Gasteiger charge is 2.30. The highest BCUT2D eigenvalue weighted by Crippen LogP contribution is 2.12. The maximum atomic E-state index is 12.9. The lowest BCUT2D eigenvalue weighted by Gasteiger charge is -2.24. The number of nitrogens with two attached hydrogens (primary N) is 3. The molecule has 0 aromatic heterocycles. The number of phenols is 1. The van der Waals surface area contributed by atoms with Crippen LogP contribution < -0.4 is 33.2 Å². The number of aliphatic hydroxyl groups excluding tert-OH is 2. The molecule has 0 bridgehead atoms. The monoisotopic (exact) mass is 511 g/mol. The Hall–Kier alpha value is -3.95. The molecule has 4 atom stereocenters. The summed E-state index contributed by atoms with van der Waals surface area (Å²) in [5, 5.41) is 44.4. The van der Waals surface area contributed by atoms with Gasteiger partial charge < -0.3 is 53.6 Å². The molecule has 0 fully saturated rings. The third kappa shape index (κ3) is 10.5. The third-order valence-corrected chi connectivity index (χ3v) is 4.92. The molecule has 15 heteroatoms. The summed E-state index contributed by atoms with van der Waals surface area (Å²) >= 11 is 0. The molecule has 0 saturated carbocycles. The maximum Gasteiger partial charge on any atom is 0.326 e. The molecule has 15 nitrogen and oxygen atoms in total. The molecule has 0 saturated heterocycles. The van der Waals surface area contributed by atoms with Crippen LogP contribution in [0.5, 0.6) is 5.75 Å². The summed E-state index contributed by atoms with van der Waals surface area (Å²) in [5.74, 6) is -4.21. The minimum atomic E-state index is -1.54. The van der Waals surface area contributed by atoms with Crippen LogP contribution >= 0.6 is 0 Å². The number of aliphatic hydroxyl groups is 2. The van der Waals surface area contributed by atoms with E-state index in [1.165, 1.54) is 24.3 Å². The van der Waals surface area contributed by atoms with Gasteiger partial charge in [0.1, 0.15) is 29.9 Å². The number of aromatic hydroxyl groups is 1. The van der Waals surface area contributed by atoms with Gasteiger partial charge in [-0.1, -0.05) is 12.1 Å². The second-order valence-corrected chi connectivity index (χ2v) is 7.81. The smallest absolute Gasteiger partial charge is 0.326 e. The second-order valence-electron chi connectivity index (χ2n) is 7.81. The van der Waals surface area contributed by atoms with Crippen LogP contribution in [0.15, 0.2) is 29.3 Å². The van der Waals surface area contributed by atoms with Crippen molar-refractivity contribution in [2.75, 3.05) is 19.8 Å². The van der Waals surface area contributed by atoms with Crippen molar-refractivity contribution in [3.8, 4) is 5.75 Å². The average Bonchev–Trinajstić information content (AvgIpc) is 2.83. The van der Waals surface area contributed by atoms with E-state index >= 15 is 0 Å². The van der Waals surface area contributed by atoms with Crippen LogP contribution in [0.4, 0.5) is 0 Å². The highest BCUT2D eigenvalue weighted by atomic mass is 16.4. The molecule has 0 radical (unpaired) electrons. The van der Waals surface area contributed by atoms with E-state index in [0.717, 1.165) is 0 Å². The predicted molar refractivity (Wildman–Crippen MR) is 127 cm³/mol. The molecule has 36 heavy (non-hydrogen) atoms. The van der Waals surface area contributed by atoms with Crippen LogP contribution in [-0.2, 0) is 25.6 Å². The number of carbonyl (C=O) groups is 4. The van der Waals surface area contributed by atoms with E-state index in [9.17, 15) is 34.5 Å². The zero-order valence-electron chi connectivity index (χ0n) is 19.5. The molecular weight excluding hydrogens is 478 g/mol. The van der Waals surface area contributed by atoms with Crippen molar-refractivity contribution in [2.24, 2.45) is 22.2 Å². The molecule has 0 aliphatic rings. The zero-order valence-corrected chi connectivity index (χ0v) is 19.5. The number of amides is 3. The summed E-state index contributed by atoms with van der Waals surface area (Å²) in [5.41, 5.74) is 16.4. The van der Waals surface area contributed by atoms with Crippen molar-refractivity contribution < 1.29 is 39.6 Å². The fourth-order valence-electron chi connectivity index (χ4n) is 2.94. The minimum absolute atomic E-state index is 0.0191. The molecule has 200 valence electrons. The molecule has 0 aliphatic heterocycles. The van der Waals surface area contributed by atoms with Gasteiger partial charge in [-0.25, -0.2) is 4.79 Å². The maximum absolute atomic E-state index is 12.9. The number of rotatable bonds is 15. The Morgan fingerprint density at radius 2 is 1.42 bits per heavy atom. The van der Waals surface area contributed by atoms with E-state index in [-0.39, 0.29) is 37.5 Å². The van der Waals surface area contributed by atoms with Gasteiger partial charge in [-0.2, -0.15) is 0 Å². The molecule has 0 spiro atoms. The zero-order chi connectivity index (χ0) is 27.3. The summed E-state index contributed by atoms with van der Waals surface area (Å²) in [4.78, 5) is 52.9. The summed E-state index contributed by atoms with van der Waals surface area (Å²) in [7, 11) is 0. The van der Waals surface area contributed by atoms with E-state index in [1.807, 2.05) is 0 Å². The summed E-state index contributed by atoms with van der Waals surface area (Å²) in [6.07, 6.45) is 0.123. The number of guanidine groups is 1. The molecule has 13 N–H and O–H groups in total. The molecule has 4 unspecified atom stereocenters. The lowest BCUT2D eigenvalue weighted by atomic mass is 10.0. The van der Waals surface area contributed by atoms with Gasteiger partial charge in [0.2, 0.25) is 17.7 Å². The molecule has 0 heterocycles. The Morgan fingerprint density at radius 1 is 0.861 bits per heavy atom. The molecule has 0 aliphatic carbocycles. The number of carbonyl (C=O) groups excluding carboxylic acids is 3. The SMILES string of the molecule is NC(N)=NCCCC(NC(=O)C(CO)NC(=O)C(Cc1ccc(O)cc1)NC(=O)C(N)CO)C(=O)O. The summed E-state index contributed by atoms with van der Waals surface area (Å²) < 4.78 is 0. The number of phenolic OH excluding ortho intramolecular Hbond substituents is 1. The Bertz CT molecular complexity index is 921. The van der Waals surface area contributed by atoms with Gasteiger partial charge in [0, 0.05) is 13.0 Å². The van der Waals surface area contributed by atoms with Crippen molar-refractivity contribution in [1.82, 2.24) is 16.0 Å². The largest absolute Gasteiger partial charge is 0.508 e. The second kappa shape index (κ2) is 15.1. The van der Waals surface area contributed by atoms with Gasteiger partial charge in [0.05, 0.1) is 13.2 Å². The number of benzene rings is 1. The number of carboxylic acids is 1. The van der Waals surface area contributed by atoms with E-state index in [2.05, 4.69) is 20.9 Å². The van der Waals surface area contributed by atoms with E-state index < -0.39 is 61.1 Å². The van der Waals surface area contributed by atoms with E-state index in [1.54, 1.807) is 0 Å². The number of nitrogens with zero attached hydrogens (tertiary/aromatic N) is 1. The molecule has 1 aromatic carbocycles. The Morgan fingerprint density at radius 3 is 1.94 bits per heavy atom. The van der Waals surface area contributed by atoms with Gasteiger partial charge in [-0.15, -0.1) is 0 Å². The first-order valence-corrected chi connectivity index (χ1v) is 10.9. The Balaban J connectivity index is 2.92. The van der Waals surface area contributed by atoms with Gasteiger partial charge >= 0.3 is 5.97 Å². The highest BCUT2D eigenvalue weighted by molar-refractivity contribution is 5.94. The van der Waals surface area contributed by atoms with Crippen molar-refractivity contribution in [2.45, 2.75) is 43.4 Å². The van der Waals surface area contributed by atoms with E-state index in [0.29, 0.717) is 5.56 Å². The Labute approximate surface area is 206 Å². The minimum Gasteiger partial charge on any atom is -0.508 e.